The molecule has 1 atom stereocenters. The highest BCUT2D eigenvalue weighted by atomic mass is 16.5. The number of benzene rings is 2. The predicted molar refractivity (Wildman–Crippen MR) is 129 cm³/mol. The van der Waals surface area contributed by atoms with Crippen molar-refractivity contribution >= 4 is 16.7 Å². The molecule has 1 amide bonds. The molecule has 0 radical (unpaired) electrons. The lowest BCUT2D eigenvalue weighted by molar-refractivity contribution is -0.134. The second-order valence-electron chi connectivity index (χ2n) is 9.53. The highest BCUT2D eigenvalue weighted by molar-refractivity contribution is 5.84. The molecule has 8 nitrogen and oxygen atoms in total. The van der Waals surface area contributed by atoms with E-state index in [1.165, 1.54) is 10.9 Å². The largest absolute Gasteiger partial charge is 0.424 e. The fraction of sp³-hybridized carbons (Fsp3) is 0.423. The molecule has 2 N–H and O–H groups in total. The zero-order valence-corrected chi connectivity index (χ0v) is 19.2. The van der Waals surface area contributed by atoms with Crippen LogP contribution in [0.25, 0.3) is 10.8 Å². The van der Waals surface area contributed by atoms with Crippen LogP contribution in [0.2, 0.25) is 0 Å². The topological polar surface area (TPSA) is 82.6 Å². The maximum atomic E-state index is 12.3. The summed E-state index contributed by atoms with van der Waals surface area (Å²) < 4.78 is 5.91. The van der Waals surface area contributed by atoms with Crippen LogP contribution >= 0.6 is 0 Å². The van der Waals surface area contributed by atoms with Crippen LogP contribution in [-0.2, 0) is 11.3 Å². The van der Waals surface area contributed by atoms with E-state index in [0.717, 1.165) is 75.2 Å². The minimum Gasteiger partial charge on any atom is -0.424 e. The Morgan fingerprint density at radius 2 is 1.74 bits per heavy atom. The van der Waals surface area contributed by atoms with Gasteiger partial charge >= 0.3 is 6.01 Å². The Bertz CT molecular complexity index is 1170. The van der Waals surface area contributed by atoms with Crippen molar-refractivity contribution in [2.24, 2.45) is 5.92 Å². The van der Waals surface area contributed by atoms with Crippen molar-refractivity contribution in [1.29, 1.82) is 0 Å². The third-order valence-corrected chi connectivity index (χ3v) is 6.99. The summed E-state index contributed by atoms with van der Waals surface area (Å²) in [7, 11) is 0. The molecule has 3 aliphatic rings. The first kappa shape index (κ1) is 21.5. The standard InChI is InChI=1S/C26H30N6O2/c33-25(19-3-4-19)32-11-9-31(10-12-32)17-18-1-2-21-14-23(6-5-20(21)13-18)34-26-27-15-22(16-28-26)24-7-8-29-30-24/h1-2,5-6,13-16,19,24,29-30H,3-4,7-12,17H2. The van der Waals surface area contributed by atoms with Gasteiger partial charge in [-0.15, -0.1) is 0 Å². The first-order valence-corrected chi connectivity index (χ1v) is 12.2. The summed E-state index contributed by atoms with van der Waals surface area (Å²) in [5.74, 6) is 1.41. The van der Waals surface area contributed by atoms with Crippen LogP contribution in [0.3, 0.4) is 0 Å². The number of nitrogens with zero attached hydrogens (tertiary/aromatic N) is 4. The molecule has 34 heavy (non-hydrogen) atoms. The molecule has 3 fully saturated rings. The van der Waals surface area contributed by atoms with E-state index in [1.807, 2.05) is 24.5 Å². The zero-order valence-electron chi connectivity index (χ0n) is 19.2. The van der Waals surface area contributed by atoms with Gasteiger partial charge in [-0.1, -0.05) is 18.2 Å². The van der Waals surface area contributed by atoms with Crippen LogP contribution < -0.4 is 15.6 Å². The van der Waals surface area contributed by atoms with Gasteiger partial charge in [-0.05, 0) is 53.8 Å². The van der Waals surface area contributed by atoms with Gasteiger partial charge in [0.1, 0.15) is 5.75 Å². The number of carbonyl (C=O) groups is 1. The van der Waals surface area contributed by atoms with Crippen molar-refractivity contribution in [2.45, 2.75) is 31.8 Å². The fourth-order valence-electron chi connectivity index (χ4n) is 4.81. The Morgan fingerprint density at radius 3 is 2.47 bits per heavy atom. The molecule has 2 aromatic carbocycles. The molecular weight excluding hydrogens is 428 g/mol. The molecule has 1 saturated carbocycles. The van der Waals surface area contributed by atoms with Crippen molar-refractivity contribution in [2.75, 3.05) is 32.7 Å². The monoisotopic (exact) mass is 458 g/mol. The number of piperazine rings is 1. The molecule has 176 valence electrons. The number of carbonyl (C=O) groups excluding carboxylic acids is 1. The minimum atomic E-state index is 0.248. The number of hydrogen-bond donors (Lipinski definition) is 2. The normalized spacial score (nSPS) is 21.2. The molecule has 1 unspecified atom stereocenters. The fourth-order valence-corrected chi connectivity index (χ4v) is 4.81. The molecule has 0 spiro atoms. The highest BCUT2D eigenvalue weighted by Crippen LogP contribution is 2.31. The second kappa shape index (κ2) is 9.29. The van der Waals surface area contributed by atoms with Gasteiger partial charge in [-0.2, -0.15) is 0 Å². The van der Waals surface area contributed by atoms with Crippen molar-refractivity contribution in [3.63, 3.8) is 0 Å². The van der Waals surface area contributed by atoms with E-state index in [-0.39, 0.29) is 6.04 Å². The number of rotatable bonds is 6. The Kier molecular flexibility index (Phi) is 5.86. The van der Waals surface area contributed by atoms with Gasteiger partial charge in [-0.25, -0.2) is 9.97 Å². The molecule has 3 heterocycles. The van der Waals surface area contributed by atoms with Crippen molar-refractivity contribution in [3.8, 4) is 11.8 Å². The van der Waals surface area contributed by atoms with E-state index < -0.39 is 0 Å². The Morgan fingerprint density at radius 1 is 0.971 bits per heavy atom. The smallest absolute Gasteiger partial charge is 0.321 e. The summed E-state index contributed by atoms with van der Waals surface area (Å²) >= 11 is 0. The van der Waals surface area contributed by atoms with Gasteiger partial charge in [0.15, 0.2) is 0 Å². The number of hydrazine groups is 1. The van der Waals surface area contributed by atoms with Crippen molar-refractivity contribution in [3.05, 3.63) is 59.9 Å². The van der Waals surface area contributed by atoms with Crippen LogP contribution in [-0.4, -0.2) is 58.4 Å². The molecule has 2 saturated heterocycles. The number of fused-ring (bicyclic) bond motifs is 1. The highest BCUT2D eigenvalue weighted by Gasteiger charge is 2.34. The lowest BCUT2D eigenvalue weighted by Gasteiger charge is -2.35. The van der Waals surface area contributed by atoms with E-state index in [9.17, 15) is 4.79 Å². The van der Waals surface area contributed by atoms with Gasteiger partial charge in [-0.3, -0.25) is 20.5 Å². The average Bonchev–Trinajstić information content (AvgIpc) is 3.58. The maximum Gasteiger partial charge on any atom is 0.321 e. The van der Waals surface area contributed by atoms with Gasteiger partial charge in [0, 0.05) is 63.1 Å². The lowest BCUT2D eigenvalue weighted by Crippen LogP contribution is -2.48. The first-order chi connectivity index (χ1) is 16.7. The van der Waals surface area contributed by atoms with Crippen LogP contribution in [0.1, 0.15) is 36.4 Å². The summed E-state index contributed by atoms with van der Waals surface area (Å²) in [4.78, 5) is 25.5. The third-order valence-electron chi connectivity index (χ3n) is 6.99. The van der Waals surface area contributed by atoms with E-state index >= 15 is 0 Å². The SMILES string of the molecule is O=C(C1CC1)N1CCN(Cc2ccc3cc(Oc4ncc(C5CCNN5)cn4)ccc3c2)CC1. The van der Waals surface area contributed by atoms with Gasteiger partial charge in [0.2, 0.25) is 5.91 Å². The lowest BCUT2D eigenvalue weighted by atomic mass is 10.1. The zero-order chi connectivity index (χ0) is 22.9. The van der Waals surface area contributed by atoms with Crippen LogP contribution in [0.5, 0.6) is 11.8 Å². The Hall–Kier alpha value is -3.07. The van der Waals surface area contributed by atoms with E-state index in [4.69, 9.17) is 4.74 Å². The summed E-state index contributed by atoms with van der Waals surface area (Å²) in [5.41, 5.74) is 8.69. The molecule has 3 aromatic rings. The van der Waals surface area contributed by atoms with Crippen LogP contribution in [0.4, 0.5) is 0 Å². The molecule has 8 heteroatoms. The molecule has 1 aliphatic carbocycles. The predicted octanol–water partition coefficient (Wildman–Crippen LogP) is 3.02. The van der Waals surface area contributed by atoms with Gasteiger partial charge < -0.3 is 9.64 Å². The van der Waals surface area contributed by atoms with Crippen LogP contribution in [0, 0.1) is 5.92 Å². The number of hydrogen-bond acceptors (Lipinski definition) is 7. The first-order valence-electron chi connectivity index (χ1n) is 12.2. The van der Waals surface area contributed by atoms with Crippen LogP contribution in [0.15, 0.2) is 48.8 Å². The molecule has 1 aromatic heterocycles. The second-order valence-corrected chi connectivity index (χ2v) is 9.53. The van der Waals surface area contributed by atoms with Crippen molar-refractivity contribution < 1.29 is 9.53 Å². The number of nitrogens with one attached hydrogen (secondary N) is 2. The van der Waals surface area contributed by atoms with E-state index in [2.05, 4.69) is 54.9 Å². The Balaban J connectivity index is 1.07. The number of amides is 1. The molecular formula is C26H30N6O2. The molecule has 0 bridgehead atoms. The molecule has 6 rings (SSSR count). The van der Waals surface area contributed by atoms with Gasteiger partial charge in [0.25, 0.3) is 0 Å². The minimum absolute atomic E-state index is 0.248. The van der Waals surface area contributed by atoms with E-state index in [0.29, 0.717) is 17.8 Å². The average molecular weight is 459 g/mol. The number of aromatic nitrogens is 2. The Labute approximate surface area is 199 Å². The summed E-state index contributed by atoms with van der Waals surface area (Å²) in [6, 6.07) is 13.3. The summed E-state index contributed by atoms with van der Waals surface area (Å²) in [5, 5.41) is 2.31. The number of ether oxygens (including phenoxy) is 1. The molecule has 2 aliphatic heterocycles. The summed E-state index contributed by atoms with van der Waals surface area (Å²) in [6.45, 7) is 5.43. The quantitative estimate of drug-likeness (QED) is 0.588. The maximum absolute atomic E-state index is 12.3. The van der Waals surface area contributed by atoms with Gasteiger partial charge in [0.05, 0.1) is 6.04 Å². The summed E-state index contributed by atoms with van der Waals surface area (Å²) in [6.07, 6.45) is 6.83. The van der Waals surface area contributed by atoms with E-state index in [1.54, 1.807) is 0 Å². The van der Waals surface area contributed by atoms with Crippen molar-refractivity contribution in [1.82, 2.24) is 30.6 Å². The third kappa shape index (κ3) is 4.75.